The van der Waals surface area contributed by atoms with Crippen LogP contribution < -0.4 is 5.32 Å². The van der Waals surface area contributed by atoms with Gasteiger partial charge in [0.15, 0.2) is 0 Å². The van der Waals surface area contributed by atoms with Gasteiger partial charge in [0.1, 0.15) is 0 Å². The van der Waals surface area contributed by atoms with E-state index in [4.69, 9.17) is 0 Å². The summed E-state index contributed by atoms with van der Waals surface area (Å²) >= 11 is 0. The fourth-order valence-corrected chi connectivity index (χ4v) is 3.20. The second kappa shape index (κ2) is 7.93. The standard InChI is InChI=1S/C19H24N4O/c1-2-10-20-12-9-17-7-8-19(24)22(17)15-16-5-3-6-18(14-16)23-13-4-11-21-23/h2-6,11,13-14,17,20H,1,7-10,12,15H2/t17-/m1/s1. The van der Waals surface area contributed by atoms with E-state index in [1.54, 1.807) is 6.20 Å². The normalized spacial score (nSPS) is 17.4. The highest BCUT2D eigenvalue weighted by molar-refractivity contribution is 5.78. The number of aromatic nitrogens is 2. The fourth-order valence-electron chi connectivity index (χ4n) is 3.20. The number of carbonyl (C=O) groups excluding carboxylic acids is 1. The second-order valence-corrected chi connectivity index (χ2v) is 6.12. The van der Waals surface area contributed by atoms with Crippen molar-refractivity contribution in [2.45, 2.75) is 31.8 Å². The highest BCUT2D eigenvalue weighted by atomic mass is 16.2. The van der Waals surface area contributed by atoms with Crippen LogP contribution in [0.1, 0.15) is 24.8 Å². The predicted molar refractivity (Wildman–Crippen MR) is 94.8 cm³/mol. The van der Waals surface area contributed by atoms with E-state index in [9.17, 15) is 4.79 Å². The Labute approximate surface area is 143 Å². The molecule has 3 rings (SSSR count). The number of nitrogens with zero attached hydrogens (tertiary/aromatic N) is 3. The van der Waals surface area contributed by atoms with E-state index in [2.05, 4.69) is 29.1 Å². The molecule has 0 unspecified atom stereocenters. The highest BCUT2D eigenvalue weighted by Gasteiger charge is 2.30. The van der Waals surface area contributed by atoms with Gasteiger partial charge in [-0.2, -0.15) is 5.10 Å². The molecule has 0 radical (unpaired) electrons. The van der Waals surface area contributed by atoms with Crippen LogP contribution in [0, 0.1) is 0 Å². The first kappa shape index (κ1) is 16.5. The van der Waals surface area contributed by atoms with Crippen LogP contribution in [0.3, 0.4) is 0 Å². The third kappa shape index (κ3) is 3.92. The van der Waals surface area contributed by atoms with Gasteiger partial charge < -0.3 is 10.2 Å². The smallest absolute Gasteiger partial charge is 0.223 e. The Bertz CT molecular complexity index is 680. The molecule has 1 aliphatic heterocycles. The Morgan fingerprint density at radius 3 is 3.08 bits per heavy atom. The van der Waals surface area contributed by atoms with Crippen molar-refractivity contribution >= 4 is 5.91 Å². The highest BCUT2D eigenvalue weighted by Crippen LogP contribution is 2.24. The molecule has 126 valence electrons. The Hall–Kier alpha value is -2.40. The largest absolute Gasteiger partial charge is 0.335 e. The van der Waals surface area contributed by atoms with Gasteiger partial charge in [-0.15, -0.1) is 6.58 Å². The first-order valence-electron chi connectivity index (χ1n) is 8.48. The van der Waals surface area contributed by atoms with Crippen LogP contribution in [0.25, 0.3) is 5.69 Å². The SMILES string of the molecule is C=CCNCC[C@H]1CCC(=O)N1Cc1cccc(-n2cccn2)c1. The van der Waals surface area contributed by atoms with E-state index in [0.717, 1.165) is 37.2 Å². The molecule has 24 heavy (non-hydrogen) atoms. The number of hydrogen-bond acceptors (Lipinski definition) is 3. The molecule has 1 saturated heterocycles. The summed E-state index contributed by atoms with van der Waals surface area (Å²) in [6.45, 7) is 6.10. The van der Waals surface area contributed by atoms with E-state index in [-0.39, 0.29) is 5.91 Å². The van der Waals surface area contributed by atoms with Crippen molar-refractivity contribution in [3.63, 3.8) is 0 Å². The van der Waals surface area contributed by atoms with Gasteiger partial charge in [0.2, 0.25) is 5.91 Å². The lowest BCUT2D eigenvalue weighted by molar-refractivity contribution is -0.129. The van der Waals surface area contributed by atoms with Gasteiger partial charge in [-0.3, -0.25) is 4.79 Å². The molecular formula is C19H24N4O. The lowest BCUT2D eigenvalue weighted by Gasteiger charge is -2.25. The van der Waals surface area contributed by atoms with Crippen molar-refractivity contribution in [3.8, 4) is 5.69 Å². The maximum atomic E-state index is 12.3. The van der Waals surface area contributed by atoms with Gasteiger partial charge in [0.05, 0.1) is 5.69 Å². The minimum Gasteiger partial charge on any atom is -0.335 e. The van der Waals surface area contributed by atoms with Crippen LogP contribution in [0.15, 0.2) is 55.4 Å². The monoisotopic (exact) mass is 324 g/mol. The number of benzene rings is 1. The summed E-state index contributed by atoms with van der Waals surface area (Å²) < 4.78 is 1.84. The number of carbonyl (C=O) groups is 1. The molecular weight excluding hydrogens is 300 g/mol. The van der Waals surface area contributed by atoms with E-state index in [0.29, 0.717) is 19.0 Å². The number of likely N-dealkylation sites (tertiary alicyclic amines) is 1. The molecule has 1 aliphatic rings. The third-order valence-electron chi connectivity index (χ3n) is 4.43. The number of amides is 1. The molecule has 1 atom stereocenters. The minimum atomic E-state index is 0.258. The number of hydrogen-bond donors (Lipinski definition) is 1. The van der Waals surface area contributed by atoms with Crippen molar-refractivity contribution in [2.75, 3.05) is 13.1 Å². The van der Waals surface area contributed by atoms with Crippen LogP contribution in [-0.4, -0.2) is 39.7 Å². The fraction of sp³-hybridized carbons (Fsp3) is 0.368. The summed E-state index contributed by atoms with van der Waals surface area (Å²) in [6, 6.07) is 10.5. The van der Waals surface area contributed by atoms with Gasteiger partial charge >= 0.3 is 0 Å². The number of nitrogens with one attached hydrogen (secondary N) is 1. The lowest BCUT2D eigenvalue weighted by atomic mass is 10.1. The molecule has 0 bridgehead atoms. The van der Waals surface area contributed by atoms with Gasteiger partial charge in [-0.1, -0.05) is 18.2 Å². The van der Waals surface area contributed by atoms with Gasteiger partial charge in [0.25, 0.3) is 0 Å². The first-order chi connectivity index (χ1) is 11.8. The Morgan fingerprint density at radius 1 is 1.38 bits per heavy atom. The molecule has 2 heterocycles. The van der Waals surface area contributed by atoms with E-state index in [1.165, 1.54) is 0 Å². The van der Waals surface area contributed by atoms with E-state index >= 15 is 0 Å². The van der Waals surface area contributed by atoms with Crippen LogP contribution in [0.4, 0.5) is 0 Å². The zero-order chi connectivity index (χ0) is 16.8. The van der Waals surface area contributed by atoms with Crippen LogP contribution in [-0.2, 0) is 11.3 Å². The zero-order valence-electron chi connectivity index (χ0n) is 13.9. The summed E-state index contributed by atoms with van der Waals surface area (Å²) in [5.74, 6) is 0.258. The van der Waals surface area contributed by atoms with E-state index in [1.807, 2.05) is 40.1 Å². The van der Waals surface area contributed by atoms with Crippen molar-refractivity contribution in [1.82, 2.24) is 20.0 Å². The maximum Gasteiger partial charge on any atom is 0.223 e. The lowest BCUT2D eigenvalue weighted by Crippen LogP contribution is -2.34. The number of rotatable bonds is 8. The molecule has 0 aliphatic carbocycles. The summed E-state index contributed by atoms with van der Waals surface area (Å²) in [5, 5.41) is 7.59. The quantitative estimate of drug-likeness (QED) is 0.600. The molecule has 5 nitrogen and oxygen atoms in total. The van der Waals surface area contributed by atoms with Gasteiger partial charge in [-0.25, -0.2) is 4.68 Å². The molecule has 1 N–H and O–H groups in total. The Morgan fingerprint density at radius 2 is 2.29 bits per heavy atom. The van der Waals surface area contributed by atoms with Crippen molar-refractivity contribution in [3.05, 3.63) is 60.9 Å². The predicted octanol–water partition coefficient (Wildman–Crippen LogP) is 2.53. The summed E-state index contributed by atoms with van der Waals surface area (Å²) in [5.41, 5.74) is 2.16. The van der Waals surface area contributed by atoms with Crippen molar-refractivity contribution in [2.24, 2.45) is 0 Å². The van der Waals surface area contributed by atoms with Crippen molar-refractivity contribution < 1.29 is 4.79 Å². The first-order valence-corrected chi connectivity index (χ1v) is 8.48. The average Bonchev–Trinajstić information content (AvgIpc) is 3.24. The Balaban J connectivity index is 1.66. The topological polar surface area (TPSA) is 50.2 Å². The van der Waals surface area contributed by atoms with Crippen molar-refractivity contribution in [1.29, 1.82) is 0 Å². The summed E-state index contributed by atoms with van der Waals surface area (Å²) in [7, 11) is 0. The van der Waals surface area contributed by atoms with Crippen LogP contribution >= 0.6 is 0 Å². The molecule has 5 heteroatoms. The Kier molecular flexibility index (Phi) is 5.43. The molecule has 1 aromatic heterocycles. The third-order valence-corrected chi connectivity index (χ3v) is 4.43. The average molecular weight is 324 g/mol. The summed E-state index contributed by atoms with van der Waals surface area (Å²) in [6.07, 6.45) is 8.15. The molecule has 2 aromatic rings. The molecule has 1 amide bonds. The molecule has 1 aromatic carbocycles. The molecule has 1 fully saturated rings. The van der Waals surface area contributed by atoms with Gasteiger partial charge in [0, 0.05) is 37.9 Å². The van der Waals surface area contributed by atoms with E-state index < -0.39 is 0 Å². The van der Waals surface area contributed by atoms with Crippen LogP contribution in [0.2, 0.25) is 0 Å². The second-order valence-electron chi connectivity index (χ2n) is 6.12. The maximum absolute atomic E-state index is 12.3. The molecule has 0 saturated carbocycles. The van der Waals surface area contributed by atoms with Gasteiger partial charge in [-0.05, 0) is 43.1 Å². The molecule has 0 spiro atoms. The minimum absolute atomic E-state index is 0.258. The zero-order valence-corrected chi connectivity index (χ0v) is 13.9. The van der Waals surface area contributed by atoms with Crippen LogP contribution in [0.5, 0.6) is 0 Å². The summed E-state index contributed by atoms with van der Waals surface area (Å²) in [4.78, 5) is 14.3.